The van der Waals surface area contributed by atoms with Crippen LogP contribution in [-0.4, -0.2) is 27.8 Å². The van der Waals surface area contributed by atoms with E-state index in [2.05, 4.69) is 10.4 Å². The minimum atomic E-state index is -0.907. The van der Waals surface area contributed by atoms with Crippen molar-refractivity contribution in [3.05, 3.63) is 78.1 Å². The zero-order valence-electron chi connectivity index (χ0n) is 14.5. The molecule has 2 aromatic carbocycles. The zero-order valence-corrected chi connectivity index (χ0v) is 14.5. The Balaban J connectivity index is 1.62. The smallest absolute Gasteiger partial charge is 0.338 e. The van der Waals surface area contributed by atoms with Crippen molar-refractivity contribution < 1.29 is 14.3 Å². The molecule has 132 valence electrons. The highest BCUT2D eigenvalue weighted by Crippen LogP contribution is 2.13. The summed E-state index contributed by atoms with van der Waals surface area (Å²) in [6.45, 7) is 3.49. The minimum Gasteiger partial charge on any atom is -0.449 e. The molecule has 0 aliphatic rings. The average Bonchev–Trinajstić information content (AvgIpc) is 3.08. The highest BCUT2D eigenvalue weighted by molar-refractivity contribution is 5.97. The summed E-state index contributed by atoms with van der Waals surface area (Å²) in [5.74, 6) is -0.933. The third-order valence-corrected chi connectivity index (χ3v) is 3.87. The van der Waals surface area contributed by atoms with Crippen molar-refractivity contribution >= 4 is 17.6 Å². The van der Waals surface area contributed by atoms with Crippen molar-refractivity contribution in [2.45, 2.75) is 20.0 Å². The van der Waals surface area contributed by atoms with Crippen LogP contribution in [-0.2, 0) is 9.53 Å². The molecule has 1 unspecified atom stereocenters. The summed E-state index contributed by atoms with van der Waals surface area (Å²) in [4.78, 5) is 24.4. The fraction of sp³-hybridized carbons (Fsp3) is 0.150. The van der Waals surface area contributed by atoms with Gasteiger partial charge in [-0.1, -0.05) is 18.2 Å². The number of esters is 1. The third-order valence-electron chi connectivity index (χ3n) is 3.87. The largest absolute Gasteiger partial charge is 0.449 e. The summed E-state index contributed by atoms with van der Waals surface area (Å²) in [6.07, 6.45) is 0.806. The summed E-state index contributed by atoms with van der Waals surface area (Å²) >= 11 is 0. The average molecular weight is 349 g/mol. The molecule has 1 N–H and O–H groups in total. The second-order valence-electron chi connectivity index (χ2n) is 5.83. The lowest BCUT2D eigenvalue weighted by Gasteiger charge is -2.14. The number of aryl methyl sites for hydroxylation is 1. The number of hydrogen-bond acceptors (Lipinski definition) is 4. The Kier molecular flexibility index (Phi) is 5.12. The van der Waals surface area contributed by atoms with Crippen molar-refractivity contribution in [2.75, 3.05) is 5.32 Å². The van der Waals surface area contributed by atoms with E-state index in [0.29, 0.717) is 11.3 Å². The molecule has 6 nitrogen and oxygen atoms in total. The maximum Gasteiger partial charge on any atom is 0.338 e. The summed E-state index contributed by atoms with van der Waals surface area (Å²) in [5, 5.41) is 6.92. The highest BCUT2D eigenvalue weighted by Gasteiger charge is 2.19. The van der Waals surface area contributed by atoms with Gasteiger partial charge in [-0.2, -0.15) is 5.10 Å². The number of carbonyl (C=O) groups is 2. The van der Waals surface area contributed by atoms with Gasteiger partial charge in [-0.3, -0.25) is 4.79 Å². The Morgan fingerprint density at radius 3 is 2.35 bits per heavy atom. The highest BCUT2D eigenvalue weighted by atomic mass is 16.5. The molecule has 0 radical (unpaired) electrons. The topological polar surface area (TPSA) is 73.2 Å². The Labute approximate surface area is 151 Å². The van der Waals surface area contributed by atoms with Gasteiger partial charge >= 0.3 is 5.97 Å². The first-order chi connectivity index (χ1) is 12.5. The number of nitrogens with zero attached hydrogens (tertiary/aromatic N) is 2. The molecule has 3 aromatic rings. The van der Waals surface area contributed by atoms with Crippen LogP contribution in [0.2, 0.25) is 0 Å². The number of benzene rings is 2. The maximum absolute atomic E-state index is 12.3. The van der Waals surface area contributed by atoms with Crippen LogP contribution in [0.4, 0.5) is 5.69 Å². The minimum absolute atomic E-state index is 0.373. The number of amides is 1. The molecule has 1 aromatic heterocycles. The molecule has 1 atom stereocenters. The van der Waals surface area contributed by atoms with Crippen LogP contribution in [0.5, 0.6) is 0 Å². The van der Waals surface area contributed by atoms with Crippen LogP contribution in [0.1, 0.15) is 23.0 Å². The molecule has 26 heavy (non-hydrogen) atoms. The van der Waals surface area contributed by atoms with Crippen molar-refractivity contribution in [2.24, 2.45) is 0 Å². The second kappa shape index (κ2) is 7.65. The number of anilines is 1. The first kappa shape index (κ1) is 17.4. The number of hydrogen-bond donors (Lipinski definition) is 1. The van der Waals surface area contributed by atoms with Gasteiger partial charge in [0, 0.05) is 17.6 Å². The Bertz CT molecular complexity index is 902. The van der Waals surface area contributed by atoms with E-state index < -0.39 is 12.1 Å². The van der Waals surface area contributed by atoms with E-state index in [0.717, 1.165) is 11.4 Å². The van der Waals surface area contributed by atoms with Gasteiger partial charge in [0.1, 0.15) is 0 Å². The SMILES string of the molecule is Cc1ccnn1-c1ccc(C(=O)OC(C)C(=O)Nc2ccccc2)cc1. The summed E-state index contributed by atoms with van der Waals surface area (Å²) < 4.78 is 7.02. The van der Waals surface area contributed by atoms with E-state index in [1.54, 1.807) is 47.3 Å². The van der Waals surface area contributed by atoms with Crippen molar-refractivity contribution in [1.82, 2.24) is 9.78 Å². The lowest BCUT2D eigenvalue weighted by Crippen LogP contribution is -2.30. The van der Waals surface area contributed by atoms with Crippen LogP contribution in [0.15, 0.2) is 66.9 Å². The van der Waals surface area contributed by atoms with Crippen LogP contribution >= 0.6 is 0 Å². The molecule has 0 aliphatic carbocycles. The number of para-hydroxylation sites is 1. The van der Waals surface area contributed by atoms with E-state index >= 15 is 0 Å². The van der Waals surface area contributed by atoms with Gasteiger partial charge < -0.3 is 10.1 Å². The Morgan fingerprint density at radius 2 is 1.73 bits per heavy atom. The fourth-order valence-corrected chi connectivity index (χ4v) is 2.43. The number of aromatic nitrogens is 2. The van der Waals surface area contributed by atoms with Crippen molar-refractivity contribution in [1.29, 1.82) is 0 Å². The predicted molar refractivity (Wildman–Crippen MR) is 98.3 cm³/mol. The maximum atomic E-state index is 12.3. The van der Waals surface area contributed by atoms with E-state index in [1.165, 1.54) is 6.92 Å². The zero-order chi connectivity index (χ0) is 18.5. The molecule has 0 saturated heterocycles. The van der Waals surface area contributed by atoms with Crippen LogP contribution in [0.25, 0.3) is 5.69 Å². The molecule has 0 bridgehead atoms. The third kappa shape index (κ3) is 3.97. The standard InChI is InChI=1S/C20H19N3O3/c1-14-12-13-21-23(14)18-10-8-16(9-11-18)20(25)26-15(2)19(24)22-17-6-4-3-5-7-17/h3-13,15H,1-2H3,(H,22,24). The number of carbonyl (C=O) groups excluding carboxylic acids is 2. The molecule has 0 fully saturated rings. The van der Waals surface area contributed by atoms with E-state index in [9.17, 15) is 9.59 Å². The lowest BCUT2D eigenvalue weighted by molar-refractivity contribution is -0.123. The first-order valence-electron chi connectivity index (χ1n) is 8.22. The fourth-order valence-electron chi connectivity index (χ4n) is 2.43. The van der Waals surface area contributed by atoms with Gasteiger partial charge in [0.15, 0.2) is 6.10 Å². The van der Waals surface area contributed by atoms with Gasteiger partial charge in [0.25, 0.3) is 5.91 Å². The molecule has 0 spiro atoms. The van der Waals surface area contributed by atoms with Crippen LogP contribution in [0, 0.1) is 6.92 Å². The predicted octanol–water partition coefficient (Wildman–Crippen LogP) is 3.36. The van der Waals surface area contributed by atoms with Gasteiger partial charge in [0.2, 0.25) is 0 Å². The number of rotatable bonds is 5. The first-order valence-corrected chi connectivity index (χ1v) is 8.22. The Morgan fingerprint density at radius 1 is 1.04 bits per heavy atom. The van der Waals surface area contributed by atoms with Gasteiger partial charge in [-0.05, 0) is 56.3 Å². The normalized spacial score (nSPS) is 11.6. The number of nitrogens with one attached hydrogen (secondary N) is 1. The van der Waals surface area contributed by atoms with Gasteiger partial charge in [0.05, 0.1) is 11.3 Å². The molecular weight excluding hydrogens is 330 g/mol. The molecule has 0 saturated carbocycles. The molecule has 3 rings (SSSR count). The molecule has 0 aliphatic heterocycles. The summed E-state index contributed by atoms with van der Waals surface area (Å²) in [6, 6.07) is 17.8. The molecule has 1 heterocycles. The summed E-state index contributed by atoms with van der Waals surface area (Å²) in [7, 11) is 0. The van der Waals surface area contributed by atoms with Crippen LogP contribution in [0.3, 0.4) is 0 Å². The summed E-state index contributed by atoms with van der Waals surface area (Å²) in [5.41, 5.74) is 2.86. The number of ether oxygens (including phenoxy) is 1. The van der Waals surface area contributed by atoms with E-state index in [-0.39, 0.29) is 5.91 Å². The quantitative estimate of drug-likeness (QED) is 0.717. The molecule has 6 heteroatoms. The molecule has 1 amide bonds. The van der Waals surface area contributed by atoms with Gasteiger partial charge in [-0.15, -0.1) is 0 Å². The van der Waals surface area contributed by atoms with Crippen LogP contribution < -0.4 is 5.32 Å². The second-order valence-corrected chi connectivity index (χ2v) is 5.83. The van der Waals surface area contributed by atoms with Crippen molar-refractivity contribution in [3.63, 3.8) is 0 Å². The van der Waals surface area contributed by atoms with E-state index in [4.69, 9.17) is 4.74 Å². The monoisotopic (exact) mass is 349 g/mol. The lowest BCUT2D eigenvalue weighted by atomic mass is 10.2. The Hall–Kier alpha value is -3.41. The van der Waals surface area contributed by atoms with Gasteiger partial charge in [-0.25, -0.2) is 9.48 Å². The van der Waals surface area contributed by atoms with Crippen molar-refractivity contribution in [3.8, 4) is 5.69 Å². The molecular formula is C20H19N3O3. The van der Waals surface area contributed by atoms with E-state index in [1.807, 2.05) is 31.2 Å².